The van der Waals surface area contributed by atoms with Crippen LogP contribution in [0.25, 0.3) is 0 Å². The van der Waals surface area contributed by atoms with Gasteiger partial charge in [0.05, 0.1) is 28.3 Å². The molecule has 33 heavy (non-hydrogen) atoms. The molecule has 1 amide bonds. The number of rotatable bonds is 8. The molecule has 0 heterocycles. The normalized spacial score (nSPS) is 13.0. The second-order valence-corrected chi connectivity index (χ2v) is 8.77. The Hall–Kier alpha value is -3.38. The molecular formula is C21H24F3N5O3S. The van der Waals surface area contributed by atoms with Crippen molar-refractivity contribution in [3.8, 4) is 0 Å². The number of carbonyl (C=O) groups is 1. The van der Waals surface area contributed by atoms with Crippen molar-refractivity contribution in [3.05, 3.63) is 65.4 Å². The summed E-state index contributed by atoms with van der Waals surface area (Å²) in [6.07, 6.45) is -2.91. The van der Waals surface area contributed by atoms with Crippen LogP contribution in [0.2, 0.25) is 0 Å². The number of aliphatic imine (C=N–C) groups is 1. The Morgan fingerprint density at radius 1 is 1.15 bits per heavy atom. The van der Waals surface area contributed by atoms with Crippen molar-refractivity contribution in [2.75, 3.05) is 26.0 Å². The van der Waals surface area contributed by atoms with Crippen LogP contribution in [0.4, 0.5) is 24.5 Å². The Morgan fingerprint density at radius 2 is 1.79 bits per heavy atom. The molecule has 0 saturated carbocycles. The summed E-state index contributed by atoms with van der Waals surface area (Å²) in [6.45, 7) is 1.70. The summed E-state index contributed by atoms with van der Waals surface area (Å²) < 4.78 is 64.9. The molecule has 0 saturated heterocycles. The fourth-order valence-corrected chi connectivity index (χ4v) is 3.42. The smallest absolute Gasteiger partial charge is 0.401 e. The summed E-state index contributed by atoms with van der Waals surface area (Å²) in [5, 5.41) is 5.44. The maximum absolute atomic E-state index is 12.8. The molecule has 5 N–H and O–H groups in total. The molecule has 0 aromatic heterocycles. The predicted octanol–water partition coefficient (Wildman–Crippen LogP) is 3.02. The summed E-state index contributed by atoms with van der Waals surface area (Å²) in [5.74, 6) is -0.639. The number of benzene rings is 2. The molecular weight excluding hydrogens is 459 g/mol. The summed E-state index contributed by atoms with van der Waals surface area (Å²) in [5.41, 5.74) is 6.43. The van der Waals surface area contributed by atoms with Gasteiger partial charge in [-0.2, -0.15) is 13.2 Å². The molecule has 0 aliphatic carbocycles. The number of hydrogen-bond acceptors (Lipinski definition) is 6. The van der Waals surface area contributed by atoms with E-state index in [9.17, 15) is 26.4 Å². The van der Waals surface area contributed by atoms with E-state index in [4.69, 9.17) is 5.73 Å². The summed E-state index contributed by atoms with van der Waals surface area (Å²) in [4.78, 5) is 16.6. The third-order valence-electron chi connectivity index (χ3n) is 4.51. The van der Waals surface area contributed by atoms with E-state index in [2.05, 4.69) is 20.3 Å². The van der Waals surface area contributed by atoms with Gasteiger partial charge in [-0.1, -0.05) is 0 Å². The lowest BCUT2D eigenvalue weighted by Gasteiger charge is -2.15. The van der Waals surface area contributed by atoms with E-state index in [0.29, 0.717) is 11.4 Å². The first-order valence-electron chi connectivity index (χ1n) is 9.57. The van der Waals surface area contributed by atoms with Crippen LogP contribution >= 0.6 is 0 Å². The van der Waals surface area contributed by atoms with Crippen molar-refractivity contribution >= 4 is 33.0 Å². The highest BCUT2D eigenvalue weighted by Crippen LogP contribution is 2.31. The van der Waals surface area contributed by atoms with Gasteiger partial charge >= 0.3 is 6.18 Å². The van der Waals surface area contributed by atoms with Crippen LogP contribution in [-0.2, 0) is 16.2 Å². The van der Waals surface area contributed by atoms with Crippen LogP contribution in [0, 0.1) is 0 Å². The number of nitrogens with two attached hydrogens (primary N) is 1. The maximum atomic E-state index is 12.8. The minimum absolute atomic E-state index is 0.0333. The molecule has 178 valence electrons. The lowest BCUT2D eigenvalue weighted by atomic mass is 10.1. The summed E-state index contributed by atoms with van der Waals surface area (Å²) >= 11 is 0. The van der Waals surface area contributed by atoms with Gasteiger partial charge in [0.25, 0.3) is 5.91 Å². The van der Waals surface area contributed by atoms with Crippen LogP contribution < -0.4 is 21.1 Å². The molecule has 2 aromatic rings. The molecule has 0 radical (unpaired) electrons. The topological polar surface area (TPSA) is 126 Å². The first kappa shape index (κ1) is 25.9. The number of alkyl halides is 3. The van der Waals surface area contributed by atoms with Gasteiger partial charge in [0, 0.05) is 24.1 Å². The standard InChI is InChI=1S/C21H24F3N5O3S/c1-13(26-2)10-15(25)12-28-20(30)18-11-17(33(31,32)27-3)8-9-19(18)29-16-6-4-14(5-7-16)21(22,23)24/h4-11,27,29H,12,25H2,1-3H3,(H,28,30)/b15-10-,26-13?. The highest BCUT2D eigenvalue weighted by Gasteiger charge is 2.30. The lowest BCUT2D eigenvalue weighted by Crippen LogP contribution is -2.29. The van der Waals surface area contributed by atoms with E-state index in [1.54, 1.807) is 20.0 Å². The molecule has 0 spiro atoms. The van der Waals surface area contributed by atoms with E-state index >= 15 is 0 Å². The van der Waals surface area contributed by atoms with Crippen LogP contribution in [0.3, 0.4) is 0 Å². The zero-order chi connectivity index (χ0) is 24.8. The molecule has 12 heteroatoms. The Balaban J connectivity index is 2.38. The second kappa shape index (κ2) is 10.5. The zero-order valence-electron chi connectivity index (χ0n) is 18.1. The first-order chi connectivity index (χ1) is 15.4. The first-order valence-corrected chi connectivity index (χ1v) is 11.0. The third kappa shape index (κ3) is 7.05. The number of anilines is 2. The fourth-order valence-electron chi connectivity index (χ4n) is 2.66. The van der Waals surface area contributed by atoms with E-state index in [-0.39, 0.29) is 28.4 Å². The van der Waals surface area contributed by atoms with E-state index in [1.807, 2.05) is 0 Å². The lowest BCUT2D eigenvalue weighted by molar-refractivity contribution is -0.137. The van der Waals surface area contributed by atoms with Crippen molar-refractivity contribution < 1.29 is 26.4 Å². The van der Waals surface area contributed by atoms with Gasteiger partial charge in [-0.25, -0.2) is 13.1 Å². The second-order valence-electron chi connectivity index (χ2n) is 6.88. The molecule has 0 bridgehead atoms. The number of hydrogen-bond donors (Lipinski definition) is 4. The van der Waals surface area contributed by atoms with Gasteiger partial charge < -0.3 is 16.4 Å². The van der Waals surface area contributed by atoms with E-state index in [0.717, 1.165) is 18.2 Å². The highest BCUT2D eigenvalue weighted by molar-refractivity contribution is 7.89. The predicted molar refractivity (Wildman–Crippen MR) is 121 cm³/mol. The van der Waals surface area contributed by atoms with Crippen molar-refractivity contribution in [1.82, 2.24) is 10.0 Å². The van der Waals surface area contributed by atoms with Crippen molar-refractivity contribution in [2.24, 2.45) is 10.7 Å². The SMILES string of the molecule is CN=C(C)/C=C(\N)CNC(=O)c1cc(S(=O)(=O)NC)ccc1Nc1ccc(C(F)(F)F)cc1. The average molecular weight is 484 g/mol. The van der Waals surface area contributed by atoms with Crippen molar-refractivity contribution in [3.63, 3.8) is 0 Å². The molecule has 2 aromatic carbocycles. The number of halogens is 3. The van der Waals surface area contributed by atoms with E-state index in [1.165, 1.54) is 31.3 Å². The number of amides is 1. The van der Waals surface area contributed by atoms with Gasteiger partial charge in [0.15, 0.2) is 0 Å². The maximum Gasteiger partial charge on any atom is 0.416 e. The molecule has 0 atom stereocenters. The molecule has 0 aliphatic heterocycles. The van der Waals surface area contributed by atoms with E-state index < -0.39 is 27.7 Å². The Bertz CT molecular complexity index is 1170. The minimum Gasteiger partial charge on any atom is -0.401 e. The van der Waals surface area contributed by atoms with Crippen LogP contribution in [0.15, 0.2) is 64.1 Å². The van der Waals surface area contributed by atoms with Crippen LogP contribution in [0.1, 0.15) is 22.8 Å². The van der Waals surface area contributed by atoms with Gasteiger partial charge in [-0.15, -0.1) is 0 Å². The Kier molecular flexibility index (Phi) is 8.23. The average Bonchev–Trinajstić information content (AvgIpc) is 2.77. The van der Waals surface area contributed by atoms with Gasteiger partial charge in [-0.3, -0.25) is 9.79 Å². The summed E-state index contributed by atoms with van der Waals surface area (Å²) in [7, 11) is -1.03. The van der Waals surface area contributed by atoms with Gasteiger partial charge in [0.2, 0.25) is 10.0 Å². The largest absolute Gasteiger partial charge is 0.416 e. The Morgan fingerprint density at radius 3 is 2.33 bits per heavy atom. The van der Waals surface area contributed by atoms with Gasteiger partial charge in [0.1, 0.15) is 0 Å². The summed E-state index contributed by atoms with van der Waals surface area (Å²) in [6, 6.07) is 7.98. The number of sulfonamides is 1. The number of carbonyl (C=O) groups excluding carboxylic acids is 1. The molecule has 0 unspecified atom stereocenters. The Labute approximate surface area is 189 Å². The highest BCUT2D eigenvalue weighted by atomic mass is 32.2. The van der Waals surface area contributed by atoms with Crippen LogP contribution in [-0.4, -0.2) is 40.7 Å². The number of allylic oxidation sites excluding steroid dienone is 1. The third-order valence-corrected chi connectivity index (χ3v) is 5.92. The van der Waals surface area contributed by atoms with Crippen LogP contribution in [0.5, 0.6) is 0 Å². The molecule has 2 rings (SSSR count). The quantitative estimate of drug-likeness (QED) is 0.430. The molecule has 8 nitrogen and oxygen atoms in total. The zero-order valence-corrected chi connectivity index (χ0v) is 18.9. The minimum atomic E-state index is -4.49. The molecule has 0 fully saturated rings. The number of nitrogens with one attached hydrogen (secondary N) is 3. The van der Waals surface area contributed by atoms with Gasteiger partial charge in [-0.05, 0) is 62.5 Å². The van der Waals surface area contributed by atoms with Crippen molar-refractivity contribution in [1.29, 1.82) is 0 Å². The molecule has 0 aliphatic rings. The number of nitrogens with zero attached hydrogens (tertiary/aromatic N) is 1. The fraction of sp³-hybridized carbons (Fsp3) is 0.238. The van der Waals surface area contributed by atoms with Crippen molar-refractivity contribution in [2.45, 2.75) is 18.0 Å². The monoisotopic (exact) mass is 483 g/mol.